The second kappa shape index (κ2) is 8.40. The van der Waals surface area contributed by atoms with Crippen molar-refractivity contribution in [3.8, 4) is 0 Å². The highest BCUT2D eigenvalue weighted by molar-refractivity contribution is 7.91. The third-order valence-electron chi connectivity index (χ3n) is 5.95. The lowest BCUT2D eigenvalue weighted by molar-refractivity contribution is -0.137. The number of sulfonamides is 1. The average Bonchev–Trinajstić information content (AvgIpc) is 3.47. The van der Waals surface area contributed by atoms with Crippen LogP contribution in [-0.4, -0.2) is 62.1 Å². The van der Waals surface area contributed by atoms with Gasteiger partial charge in [0.1, 0.15) is 11.8 Å². The predicted octanol–water partition coefficient (Wildman–Crippen LogP) is 1.96. The molecule has 2 saturated heterocycles. The standard InChI is InChI=1S/C21H26N2O6S2/c1-16-6-8-19(9-7-16)31(27,28)23-11-2-5-20(23)21(24)22(14-18-4-3-12-29-18)17-10-13-30(25,26)15-17/h3-4,6-9,12,17,20H,2,5,10-11,13-15H2,1H3. The summed E-state index contributed by atoms with van der Waals surface area (Å²) in [5, 5.41) is 0. The minimum atomic E-state index is -3.85. The van der Waals surface area contributed by atoms with Crippen LogP contribution >= 0.6 is 0 Å². The highest BCUT2D eigenvalue weighted by atomic mass is 32.2. The first-order valence-electron chi connectivity index (χ1n) is 10.3. The average molecular weight is 467 g/mol. The van der Waals surface area contributed by atoms with Crippen molar-refractivity contribution in [3.63, 3.8) is 0 Å². The van der Waals surface area contributed by atoms with Gasteiger partial charge in [-0.05, 0) is 50.5 Å². The highest BCUT2D eigenvalue weighted by Crippen LogP contribution is 2.30. The summed E-state index contributed by atoms with van der Waals surface area (Å²) in [5.74, 6) is 0.0715. The lowest BCUT2D eigenvalue weighted by atomic mass is 10.1. The molecule has 10 heteroatoms. The van der Waals surface area contributed by atoms with Gasteiger partial charge in [0.2, 0.25) is 15.9 Å². The van der Waals surface area contributed by atoms with Crippen LogP contribution in [0.3, 0.4) is 0 Å². The Labute approximate surface area is 182 Å². The van der Waals surface area contributed by atoms with Gasteiger partial charge in [0.25, 0.3) is 0 Å². The molecule has 2 aliphatic rings. The maximum Gasteiger partial charge on any atom is 0.243 e. The van der Waals surface area contributed by atoms with Crippen molar-refractivity contribution in [1.29, 1.82) is 0 Å². The molecule has 0 N–H and O–H groups in total. The van der Waals surface area contributed by atoms with Crippen LogP contribution in [0.5, 0.6) is 0 Å². The van der Waals surface area contributed by atoms with Crippen LogP contribution in [0.15, 0.2) is 52.0 Å². The molecule has 2 fully saturated rings. The largest absolute Gasteiger partial charge is 0.467 e. The van der Waals surface area contributed by atoms with E-state index in [1.54, 1.807) is 36.4 Å². The van der Waals surface area contributed by atoms with Gasteiger partial charge in [-0.25, -0.2) is 16.8 Å². The minimum absolute atomic E-state index is 0.0235. The minimum Gasteiger partial charge on any atom is -0.467 e. The molecule has 0 radical (unpaired) electrons. The third-order valence-corrected chi connectivity index (χ3v) is 9.63. The number of carbonyl (C=O) groups is 1. The number of sulfone groups is 1. The van der Waals surface area contributed by atoms with E-state index < -0.39 is 31.9 Å². The molecule has 0 aliphatic carbocycles. The zero-order valence-corrected chi connectivity index (χ0v) is 18.9. The topological polar surface area (TPSA) is 105 Å². The van der Waals surface area contributed by atoms with Gasteiger partial charge in [0.15, 0.2) is 9.84 Å². The maximum atomic E-state index is 13.6. The number of furan rings is 1. The van der Waals surface area contributed by atoms with Crippen LogP contribution in [0, 0.1) is 6.92 Å². The monoisotopic (exact) mass is 466 g/mol. The fourth-order valence-corrected chi connectivity index (χ4v) is 7.67. The Bertz CT molecular complexity index is 1140. The van der Waals surface area contributed by atoms with Gasteiger partial charge in [-0.1, -0.05) is 17.7 Å². The summed E-state index contributed by atoms with van der Waals surface area (Å²) in [7, 11) is -7.07. The summed E-state index contributed by atoms with van der Waals surface area (Å²) >= 11 is 0. The SMILES string of the molecule is Cc1ccc(S(=O)(=O)N2CCCC2C(=O)N(Cc2ccco2)C2CCS(=O)(=O)C2)cc1. The Morgan fingerprint density at radius 1 is 1.19 bits per heavy atom. The number of nitrogens with zero attached hydrogens (tertiary/aromatic N) is 2. The number of hydrogen-bond donors (Lipinski definition) is 0. The van der Waals surface area contributed by atoms with Gasteiger partial charge >= 0.3 is 0 Å². The molecule has 2 aromatic rings. The number of aryl methyl sites for hydroxylation is 1. The van der Waals surface area contributed by atoms with Crippen LogP contribution < -0.4 is 0 Å². The summed E-state index contributed by atoms with van der Waals surface area (Å²) in [6, 6.07) is 8.63. The molecule has 0 bridgehead atoms. The molecule has 3 heterocycles. The molecule has 1 amide bonds. The Kier molecular flexibility index (Phi) is 5.97. The van der Waals surface area contributed by atoms with Gasteiger partial charge in [-0.15, -0.1) is 0 Å². The van der Waals surface area contributed by atoms with E-state index in [0.717, 1.165) is 5.56 Å². The Balaban J connectivity index is 1.63. The molecule has 168 valence electrons. The molecule has 2 atom stereocenters. The van der Waals surface area contributed by atoms with Crippen LogP contribution in [-0.2, 0) is 31.2 Å². The van der Waals surface area contributed by atoms with E-state index in [1.165, 1.54) is 15.5 Å². The summed E-state index contributed by atoms with van der Waals surface area (Å²) in [4.78, 5) is 15.2. The van der Waals surface area contributed by atoms with Gasteiger partial charge in [0, 0.05) is 12.6 Å². The first-order chi connectivity index (χ1) is 14.7. The zero-order valence-electron chi connectivity index (χ0n) is 17.3. The molecule has 0 spiro atoms. The second-order valence-electron chi connectivity index (χ2n) is 8.19. The molecule has 4 rings (SSSR count). The number of benzene rings is 1. The highest BCUT2D eigenvalue weighted by Gasteiger charge is 2.44. The van der Waals surface area contributed by atoms with Crippen molar-refractivity contribution in [3.05, 3.63) is 54.0 Å². The lowest BCUT2D eigenvalue weighted by Gasteiger charge is -2.33. The first-order valence-corrected chi connectivity index (χ1v) is 13.6. The first kappa shape index (κ1) is 22.0. The van der Waals surface area contributed by atoms with Crippen LogP contribution in [0.25, 0.3) is 0 Å². The summed E-state index contributed by atoms with van der Waals surface area (Å²) in [6.07, 6.45) is 2.80. The van der Waals surface area contributed by atoms with E-state index >= 15 is 0 Å². The zero-order chi connectivity index (χ0) is 22.2. The van der Waals surface area contributed by atoms with E-state index in [-0.39, 0.29) is 35.4 Å². The van der Waals surface area contributed by atoms with Crippen LogP contribution in [0.1, 0.15) is 30.6 Å². The fourth-order valence-electron chi connectivity index (χ4n) is 4.29. The van der Waals surface area contributed by atoms with Crippen molar-refractivity contribution in [2.45, 2.75) is 49.7 Å². The van der Waals surface area contributed by atoms with Crippen molar-refractivity contribution >= 4 is 25.8 Å². The van der Waals surface area contributed by atoms with E-state index in [0.29, 0.717) is 25.0 Å². The van der Waals surface area contributed by atoms with Crippen LogP contribution in [0.4, 0.5) is 0 Å². The van der Waals surface area contributed by atoms with E-state index in [1.807, 2.05) is 6.92 Å². The van der Waals surface area contributed by atoms with E-state index in [4.69, 9.17) is 4.42 Å². The molecule has 2 aliphatic heterocycles. The molecule has 0 saturated carbocycles. The molecular formula is C21H26N2O6S2. The van der Waals surface area contributed by atoms with E-state index in [2.05, 4.69) is 0 Å². The number of rotatable bonds is 6. The summed E-state index contributed by atoms with van der Waals surface area (Å²) < 4.78 is 57.3. The number of carbonyl (C=O) groups excluding carboxylic acids is 1. The second-order valence-corrected chi connectivity index (χ2v) is 12.3. The Morgan fingerprint density at radius 2 is 1.94 bits per heavy atom. The quantitative estimate of drug-likeness (QED) is 0.644. The van der Waals surface area contributed by atoms with Gasteiger partial charge < -0.3 is 9.32 Å². The normalized spacial score (nSPS) is 23.8. The van der Waals surface area contributed by atoms with Gasteiger partial charge in [-0.3, -0.25) is 4.79 Å². The Hall–Kier alpha value is -2.17. The number of hydrogen-bond acceptors (Lipinski definition) is 6. The maximum absolute atomic E-state index is 13.6. The van der Waals surface area contributed by atoms with Gasteiger partial charge in [-0.2, -0.15) is 4.31 Å². The number of amides is 1. The van der Waals surface area contributed by atoms with Crippen molar-refractivity contribution in [1.82, 2.24) is 9.21 Å². The van der Waals surface area contributed by atoms with Crippen molar-refractivity contribution in [2.75, 3.05) is 18.1 Å². The Morgan fingerprint density at radius 3 is 2.55 bits per heavy atom. The molecule has 8 nitrogen and oxygen atoms in total. The van der Waals surface area contributed by atoms with E-state index in [9.17, 15) is 21.6 Å². The molecule has 1 aromatic heterocycles. The fraction of sp³-hybridized carbons (Fsp3) is 0.476. The lowest BCUT2D eigenvalue weighted by Crippen LogP contribution is -2.51. The molecular weight excluding hydrogens is 440 g/mol. The van der Waals surface area contributed by atoms with Crippen molar-refractivity contribution < 1.29 is 26.0 Å². The van der Waals surface area contributed by atoms with Gasteiger partial charge in [0.05, 0.1) is 29.2 Å². The molecule has 31 heavy (non-hydrogen) atoms. The smallest absolute Gasteiger partial charge is 0.243 e. The van der Waals surface area contributed by atoms with Crippen molar-refractivity contribution in [2.24, 2.45) is 0 Å². The van der Waals surface area contributed by atoms with Crippen LogP contribution in [0.2, 0.25) is 0 Å². The third kappa shape index (κ3) is 4.56. The summed E-state index contributed by atoms with van der Waals surface area (Å²) in [5.41, 5.74) is 0.945. The molecule has 2 unspecified atom stereocenters. The summed E-state index contributed by atoms with van der Waals surface area (Å²) in [6.45, 7) is 2.24. The predicted molar refractivity (Wildman–Crippen MR) is 114 cm³/mol. The molecule has 1 aromatic carbocycles.